The van der Waals surface area contributed by atoms with Crippen LogP contribution in [0.5, 0.6) is 0 Å². The van der Waals surface area contributed by atoms with Crippen molar-refractivity contribution in [2.45, 2.75) is 65.2 Å². The molecule has 0 saturated heterocycles. The molecule has 19 heavy (non-hydrogen) atoms. The van der Waals surface area contributed by atoms with Gasteiger partial charge in [-0.3, -0.25) is 9.59 Å². The van der Waals surface area contributed by atoms with Crippen LogP contribution in [0.2, 0.25) is 0 Å². The molecule has 0 aliphatic carbocycles. The largest absolute Gasteiger partial charge is 0.466 e. The van der Waals surface area contributed by atoms with Crippen LogP contribution in [0.15, 0.2) is 0 Å². The lowest BCUT2D eigenvalue weighted by Crippen LogP contribution is -2.20. The Morgan fingerprint density at radius 2 is 1.58 bits per heavy atom. The zero-order chi connectivity index (χ0) is 14.3. The highest BCUT2D eigenvalue weighted by Crippen LogP contribution is 2.02. The topological polar surface area (TPSA) is 64.6 Å². The van der Waals surface area contributed by atoms with Gasteiger partial charge in [0.1, 0.15) is 0 Å². The molecule has 0 saturated carbocycles. The maximum Gasteiger partial charge on any atom is 0.324 e. The smallest absolute Gasteiger partial charge is 0.324 e. The highest BCUT2D eigenvalue weighted by atomic mass is 16.7. The summed E-state index contributed by atoms with van der Waals surface area (Å²) >= 11 is 0. The van der Waals surface area contributed by atoms with Crippen LogP contribution >= 0.6 is 0 Å². The first-order valence-corrected chi connectivity index (χ1v) is 7.28. The Hall–Kier alpha value is -1.10. The predicted octanol–water partition coefficient (Wildman–Crippen LogP) is 2.74. The van der Waals surface area contributed by atoms with Crippen LogP contribution in [0.1, 0.15) is 65.2 Å². The minimum Gasteiger partial charge on any atom is -0.466 e. The molecule has 5 heteroatoms. The van der Waals surface area contributed by atoms with Crippen molar-refractivity contribution in [1.82, 2.24) is 5.48 Å². The summed E-state index contributed by atoms with van der Waals surface area (Å²) in [6.45, 7) is 5.04. The van der Waals surface area contributed by atoms with E-state index in [0.29, 0.717) is 38.8 Å². The normalized spacial score (nSPS) is 10.2. The van der Waals surface area contributed by atoms with Crippen LogP contribution in [-0.2, 0) is 19.2 Å². The van der Waals surface area contributed by atoms with E-state index in [1.807, 2.05) is 0 Å². The van der Waals surface area contributed by atoms with E-state index >= 15 is 0 Å². The van der Waals surface area contributed by atoms with Crippen molar-refractivity contribution in [3.05, 3.63) is 0 Å². The SMILES string of the molecule is CCCCCCNOC(=O)CCCCC(=O)OCC. The third-order valence-corrected chi connectivity index (χ3v) is 2.64. The highest BCUT2D eigenvalue weighted by Gasteiger charge is 2.05. The van der Waals surface area contributed by atoms with Gasteiger partial charge in [-0.2, -0.15) is 5.48 Å². The summed E-state index contributed by atoms with van der Waals surface area (Å²) in [5.41, 5.74) is 2.67. The van der Waals surface area contributed by atoms with E-state index in [2.05, 4.69) is 12.4 Å². The maximum absolute atomic E-state index is 11.3. The highest BCUT2D eigenvalue weighted by molar-refractivity contribution is 5.70. The fourth-order valence-corrected chi connectivity index (χ4v) is 1.58. The van der Waals surface area contributed by atoms with E-state index < -0.39 is 0 Å². The summed E-state index contributed by atoms with van der Waals surface area (Å²) < 4.78 is 4.79. The van der Waals surface area contributed by atoms with Gasteiger partial charge in [0.25, 0.3) is 0 Å². The molecule has 0 fully saturated rings. The Balaban J connectivity index is 3.28. The Kier molecular flexibility index (Phi) is 12.6. The van der Waals surface area contributed by atoms with Crippen LogP contribution in [-0.4, -0.2) is 25.1 Å². The van der Waals surface area contributed by atoms with Gasteiger partial charge in [-0.1, -0.05) is 26.2 Å². The first-order chi connectivity index (χ1) is 9.20. The number of nitrogens with one attached hydrogen (secondary N) is 1. The summed E-state index contributed by atoms with van der Waals surface area (Å²) in [5.74, 6) is -0.468. The van der Waals surface area contributed by atoms with Crippen LogP contribution in [0, 0.1) is 0 Å². The number of carbonyl (C=O) groups excluding carboxylic acids is 2. The number of hydrogen-bond donors (Lipinski definition) is 1. The van der Waals surface area contributed by atoms with E-state index in [0.717, 1.165) is 12.8 Å². The van der Waals surface area contributed by atoms with Crippen molar-refractivity contribution < 1.29 is 19.2 Å². The van der Waals surface area contributed by atoms with Gasteiger partial charge in [0.15, 0.2) is 0 Å². The van der Waals surface area contributed by atoms with E-state index in [1.165, 1.54) is 12.8 Å². The third-order valence-electron chi connectivity index (χ3n) is 2.64. The van der Waals surface area contributed by atoms with Gasteiger partial charge in [-0.15, -0.1) is 0 Å². The molecule has 0 aliphatic heterocycles. The zero-order valence-electron chi connectivity index (χ0n) is 12.2. The summed E-state index contributed by atoms with van der Waals surface area (Å²) in [5, 5.41) is 0. The monoisotopic (exact) mass is 273 g/mol. The Morgan fingerprint density at radius 3 is 2.21 bits per heavy atom. The Bertz CT molecular complexity index is 244. The lowest BCUT2D eigenvalue weighted by atomic mass is 10.2. The number of ether oxygens (including phenoxy) is 1. The Labute approximate surface area is 116 Å². The summed E-state index contributed by atoms with van der Waals surface area (Å²) in [7, 11) is 0. The van der Waals surface area contributed by atoms with Gasteiger partial charge >= 0.3 is 11.9 Å². The molecule has 0 aromatic heterocycles. The van der Waals surface area contributed by atoms with E-state index in [9.17, 15) is 9.59 Å². The van der Waals surface area contributed by atoms with Gasteiger partial charge in [-0.05, 0) is 26.2 Å². The summed E-state index contributed by atoms with van der Waals surface area (Å²) in [6.07, 6.45) is 6.58. The molecule has 0 aromatic rings. The molecule has 1 N–H and O–H groups in total. The van der Waals surface area contributed by atoms with Crippen LogP contribution < -0.4 is 5.48 Å². The van der Waals surface area contributed by atoms with E-state index in [1.54, 1.807) is 6.92 Å². The third kappa shape index (κ3) is 13.1. The lowest BCUT2D eigenvalue weighted by molar-refractivity contribution is -0.151. The lowest BCUT2D eigenvalue weighted by Gasteiger charge is -2.05. The molecule has 0 aromatic carbocycles. The molecule has 5 nitrogen and oxygen atoms in total. The van der Waals surface area contributed by atoms with Gasteiger partial charge in [0.05, 0.1) is 6.61 Å². The molecule has 0 aliphatic rings. The molecule has 0 spiro atoms. The molecular weight excluding hydrogens is 246 g/mol. The summed E-state index contributed by atoms with van der Waals surface area (Å²) in [6, 6.07) is 0. The molecular formula is C14H27NO4. The van der Waals surface area contributed by atoms with Gasteiger partial charge in [0.2, 0.25) is 0 Å². The summed E-state index contributed by atoms with van der Waals surface area (Å²) in [4.78, 5) is 27.2. The minimum absolute atomic E-state index is 0.204. The second-order valence-electron chi connectivity index (χ2n) is 4.44. The number of unbranched alkanes of at least 4 members (excludes halogenated alkanes) is 4. The molecule has 0 bridgehead atoms. The van der Waals surface area contributed by atoms with E-state index in [4.69, 9.17) is 9.57 Å². The van der Waals surface area contributed by atoms with Crippen LogP contribution in [0.4, 0.5) is 0 Å². The average molecular weight is 273 g/mol. The minimum atomic E-state index is -0.264. The quantitative estimate of drug-likeness (QED) is 0.336. The molecule has 112 valence electrons. The number of esters is 1. The molecule has 0 unspecified atom stereocenters. The number of rotatable bonds is 12. The Morgan fingerprint density at radius 1 is 0.895 bits per heavy atom. The molecule has 0 atom stereocenters. The zero-order valence-corrected chi connectivity index (χ0v) is 12.2. The van der Waals surface area contributed by atoms with E-state index in [-0.39, 0.29) is 11.9 Å². The first-order valence-electron chi connectivity index (χ1n) is 7.28. The van der Waals surface area contributed by atoms with Gasteiger partial charge < -0.3 is 9.57 Å². The van der Waals surface area contributed by atoms with Crippen molar-refractivity contribution in [3.63, 3.8) is 0 Å². The van der Waals surface area contributed by atoms with Crippen molar-refractivity contribution >= 4 is 11.9 Å². The number of hydroxylamine groups is 1. The number of carbonyl (C=O) groups is 2. The first kappa shape index (κ1) is 17.9. The molecule has 0 amide bonds. The van der Waals surface area contributed by atoms with Gasteiger partial charge in [-0.25, -0.2) is 0 Å². The maximum atomic E-state index is 11.3. The fraction of sp³-hybridized carbons (Fsp3) is 0.857. The second kappa shape index (κ2) is 13.3. The second-order valence-corrected chi connectivity index (χ2v) is 4.44. The van der Waals surface area contributed by atoms with Crippen molar-refractivity contribution in [2.24, 2.45) is 0 Å². The molecule has 0 radical (unpaired) electrons. The molecule has 0 rings (SSSR count). The fourth-order valence-electron chi connectivity index (χ4n) is 1.58. The van der Waals surface area contributed by atoms with Crippen molar-refractivity contribution in [2.75, 3.05) is 13.2 Å². The van der Waals surface area contributed by atoms with Gasteiger partial charge in [0, 0.05) is 19.4 Å². The predicted molar refractivity (Wildman–Crippen MR) is 73.3 cm³/mol. The average Bonchev–Trinajstić information content (AvgIpc) is 2.39. The standard InChI is InChI=1S/C14H27NO4/c1-3-5-6-9-12-15-19-14(17)11-8-7-10-13(16)18-4-2/h15H,3-12H2,1-2H3. The molecule has 0 heterocycles. The van der Waals surface area contributed by atoms with Crippen molar-refractivity contribution in [3.8, 4) is 0 Å². The number of hydrogen-bond acceptors (Lipinski definition) is 5. The van der Waals surface area contributed by atoms with Crippen LogP contribution in [0.3, 0.4) is 0 Å². The van der Waals surface area contributed by atoms with Crippen LogP contribution in [0.25, 0.3) is 0 Å². The van der Waals surface area contributed by atoms with Crippen molar-refractivity contribution in [1.29, 1.82) is 0 Å².